The lowest BCUT2D eigenvalue weighted by atomic mass is 10.2. The monoisotopic (exact) mass is 419 g/mol. The van der Waals surface area contributed by atoms with E-state index < -0.39 is 17.6 Å². The van der Waals surface area contributed by atoms with Gasteiger partial charge in [0.05, 0.1) is 22.2 Å². The third-order valence-corrected chi connectivity index (χ3v) is 4.26. The lowest BCUT2D eigenvalue weighted by Gasteiger charge is -2.15. The van der Waals surface area contributed by atoms with E-state index in [1.54, 1.807) is 12.1 Å². The second-order valence-electron chi connectivity index (χ2n) is 5.94. The van der Waals surface area contributed by atoms with Gasteiger partial charge >= 0.3 is 6.18 Å². The molecule has 0 bridgehead atoms. The predicted molar refractivity (Wildman–Crippen MR) is 100 cm³/mol. The standard InChI is InChI=1S/C19H10ClF4N5/c20-10-3-4-14(21)12(8-10)18-28-16-11(2-1-6-26-16)17(29-18)27-15-5-7-25-9-13(15)19(22,23)24/h1-9H,(H,25,26,27,28,29). The maximum absolute atomic E-state index is 14.3. The number of fused-ring (bicyclic) bond motifs is 1. The van der Waals surface area contributed by atoms with Crippen LogP contribution in [0.1, 0.15) is 5.56 Å². The molecule has 1 N–H and O–H groups in total. The highest BCUT2D eigenvalue weighted by Crippen LogP contribution is 2.36. The average Bonchev–Trinajstić information content (AvgIpc) is 2.69. The van der Waals surface area contributed by atoms with Crippen LogP contribution in [0.5, 0.6) is 0 Å². The molecule has 0 amide bonds. The molecular formula is C19H10ClF4N5. The van der Waals surface area contributed by atoms with E-state index in [4.69, 9.17) is 11.6 Å². The molecule has 0 aliphatic carbocycles. The van der Waals surface area contributed by atoms with Crippen LogP contribution >= 0.6 is 11.6 Å². The van der Waals surface area contributed by atoms with Gasteiger partial charge in [0.15, 0.2) is 11.5 Å². The Hall–Kier alpha value is -3.33. The smallest absolute Gasteiger partial charge is 0.339 e. The topological polar surface area (TPSA) is 63.6 Å². The van der Waals surface area contributed by atoms with Gasteiger partial charge in [0.25, 0.3) is 0 Å². The molecular weight excluding hydrogens is 410 g/mol. The molecule has 4 rings (SSSR count). The molecule has 1 aromatic carbocycles. The molecule has 29 heavy (non-hydrogen) atoms. The fraction of sp³-hybridized carbons (Fsp3) is 0.0526. The number of nitrogens with one attached hydrogen (secondary N) is 1. The summed E-state index contributed by atoms with van der Waals surface area (Å²) in [4.78, 5) is 16.1. The Morgan fingerprint density at radius 2 is 1.83 bits per heavy atom. The SMILES string of the molecule is Fc1ccc(Cl)cc1-c1nc(Nc2ccncc2C(F)(F)F)c2cccnc2n1. The van der Waals surface area contributed by atoms with Crippen molar-refractivity contribution in [3.63, 3.8) is 0 Å². The summed E-state index contributed by atoms with van der Waals surface area (Å²) in [5, 5.41) is 3.28. The van der Waals surface area contributed by atoms with Crippen LogP contribution in [0.3, 0.4) is 0 Å². The molecule has 0 radical (unpaired) electrons. The average molecular weight is 420 g/mol. The van der Waals surface area contributed by atoms with Crippen LogP contribution in [0.2, 0.25) is 5.02 Å². The van der Waals surface area contributed by atoms with Crippen molar-refractivity contribution >= 4 is 34.1 Å². The van der Waals surface area contributed by atoms with Crippen molar-refractivity contribution in [2.24, 2.45) is 0 Å². The van der Waals surface area contributed by atoms with Gasteiger partial charge in [-0.1, -0.05) is 11.6 Å². The number of alkyl halides is 3. The van der Waals surface area contributed by atoms with Gasteiger partial charge in [0.2, 0.25) is 0 Å². The highest BCUT2D eigenvalue weighted by Gasteiger charge is 2.34. The molecule has 3 heterocycles. The zero-order valence-electron chi connectivity index (χ0n) is 14.4. The highest BCUT2D eigenvalue weighted by molar-refractivity contribution is 6.30. The number of pyridine rings is 2. The first-order chi connectivity index (χ1) is 13.8. The molecule has 146 valence electrons. The number of benzene rings is 1. The number of halogens is 5. The van der Waals surface area contributed by atoms with E-state index in [0.717, 1.165) is 6.07 Å². The quantitative estimate of drug-likeness (QED) is 0.435. The summed E-state index contributed by atoms with van der Waals surface area (Å²) < 4.78 is 54.2. The normalized spacial score (nSPS) is 11.6. The maximum atomic E-state index is 14.3. The first-order valence-corrected chi connectivity index (χ1v) is 8.57. The second kappa shape index (κ2) is 7.25. The Balaban J connectivity index is 1.90. The van der Waals surface area contributed by atoms with Crippen LogP contribution in [-0.2, 0) is 6.18 Å². The molecule has 3 aromatic heterocycles. The first-order valence-electron chi connectivity index (χ1n) is 8.19. The third-order valence-electron chi connectivity index (χ3n) is 4.02. The van der Waals surface area contributed by atoms with Crippen LogP contribution in [0.25, 0.3) is 22.4 Å². The zero-order chi connectivity index (χ0) is 20.6. The van der Waals surface area contributed by atoms with Crippen molar-refractivity contribution in [3.05, 3.63) is 71.4 Å². The summed E-state index contributed by atoms with van der Waals surface area (Å²) in [7, 11) is 0. The molecule has 4 aromatic rings. The van der Waals surface area contributed by atoms with E-state index in [9.17, 15) is 17.6 Å². The van der Waals surface area contributed by atoms with E-state index in [1.165, 1.54) is 30.6 Å². The van der Waals surface area contributed by atoms with E-state index in [0.29, 0.717) is 11.6 Å². The number of rotatable bonds is 3. The van der Waals surface area contributed by atoms with Crippen LogP contribution in [0.15, 0.2) is 55.0 Å². The summed E-state index contributed by atoms with van der Waals surface area (Å²) in [5.74, 6) is -0.661. The minimum absolute atomic E-state index is 0.00104. The van der Waals surface area contributed by atoms with Crippen molar-refractivity contribution in [2.75, 3.05) is 5.32 Å². The molecule has 0 saturated heterocycles. The van der Waals surface area contributed by atoms with Crippen molar-refractivity contribution in [1.29, 1.82) is 0 Å². The van der Waals surface area contributed by atoms with Gasteiger partial charge in [0.1, 0.15) is 11.6 Å². The van der Waals surface area contributed by atoms with Gasteiger partial charge in [-0.15, -0.1) is 0 Å². The van der Waals surface area contributed by atoms with Gasteiger partial charge in [-0.25, -0.2) is 19.3 Å². The summed E-state index contributed by atoms with van der Waals surface area (Å²) in [6.07, 6.45) is -1.23. The molecule has 0 spiro atoms. The Labute approximate surface area is 166 Å². The summed E-state index contributed by atoms with van der Waals surface area (Å²) >= 11 is 5.94. The number of anilines is 2. The molecule has 0 saturated carbocycles. The summed E-state index contributed by atoms with van der Waals surface area (Å²) in [6.45, 7) is 0. The Morgan fingerprint density at radius 1 is 1.00 bits per heavy atom. The fourth-order valence-corrected chi connectivity index (χ4v) is 2.88. The molecule has 5 nitrogen and oxygen atoms in total. The number of aromatic nitrogens is 4. The Bertz CT molecular complexity index is 1210. The van der Waals surface area contributed by atoms with Gasteiger partial charge in [-0.2, -0.15) is 13.2 Å². The molecule has 0 fully saturated rings. The van der Waals surface area contributed by atoms with Crippen LogP contribution in [-0.4, -0.2) is 19.9 Å². The van der Waals surface area contributed by atoms with Crippen molar-refractivity contribution in [1.82, 2.24) is 19.9 Å². The number of hydrogen-bond donors (Lipinski definition) is 1. The Kier molecular flexibility index (Phi) is 4.75. The maximum Gasteiger partial charge on any atom is 0.419 e. The van der Waals surface area contributed by atoms with Crippen LogP contribution < -0.4 is 5.32 Å². The molecule has 0 aliphatic heterocycles. The van der Waals surface area contributed by atoms with Gasteiger partial charge in [-0.3, -0.25) is 4.98 Å². The minimum Gasteiger partial charge on any atom is -0.339 e. The molecule has 0 aliphatic rings. The number of hydrogen-bond acceptors (Lipinski definition) is 5. The highest BCUT2D eigenvalue weighted by atomic mass is 35.5. The zero-order valence-corrected chi connectivity index (χ0v) is 15.1. The second-order valence-corrected chi connectivity index (χ2v) is 6.38. The Morgan fingerprint density at radius 3 is 2.62 bits per heavy atom. The van der Waals surface area contributed by atoms with E-state index >= 15 is 0 Å². The molecule has 0 atom stereocenters. The summed E-state index contributed by atoms with van der Waals surface area (Å²) in [5.41, 5.74) is -1.04. The number of nitrogens with zero attached hydrogens (tertiary/aromatic N) is 4. The third kappa shape index (κ3) is 3.81. The summed E-state index contributed by atoms with van der Waals surface area (Å²) in [6, 6.07) is 8.21. The van der Waals surface area contributed by atoms with Crippen LogP contribution in [0, 0.1) is 5.82 Å². The predicted octanol–water partition coefficient (Wildman–Crippen LogP) is 5.64. The lowest BCUT2D eigenvalue weighted by Crippen LogP contribution is -2.10. The van der Waals surface area contributed by atoms with Crippen LogP contribution in [0.4, 0.5) is 29.1 Å². The van der Waals surface area contributed by atoms with Crippen molar-refractivity contribution < 1.29 is 17.6 Å². The van der Waals surface area contributed by atoms with Gasteiger partial charge in [-0.05, 0) is 36.4 Å². The largest absolute Gasteiger partial charge is 0.419 e. The van der Waals surface area contributed by atoms with E-state index in [2.05, 4.69) is 25.3 Å². The van der Waals surface area contributed by atoms with Gasteiger partial charge in [0, 0.05) is 23.6 Å². The van der Waals surface area contributed by atoms with Gasteiger partial charge < -0.3 is 5.32 Å². The van der Waals surface area contributed by atoms with E-state index in [-0.39, 0.29) is 33.6 Å². The van der Waals surface area contributed by atoms with Crippen molar-refractivity contribution in [3.8, 4) is 11.4 Å². The van der Waals surface area contributed by atoms with E-state index in [1.807, 2.05) is 0 Å². The molecule has 10 heteroatoms. The minimum atomic E-state index is -4.63. The lowest BCUT2D eigenvalue weighted by molar-refractivity contribution is -0.137. The van der Waals surface area contributed by atoms with Crippen molar-refractivity contribution in [2.45, 2.75) is 6.18 Å². The first kappa shape index (κ1) is 19.0. The fourth-order valence-electron chi connectivity index (χ4n) is 2.70. The molecule has 0 unspecified atom stereocenters.